The number of nitrogens with zero attached hydrogens (tertiary/aromatic N) is 3. The topological polar surface area (TPSA) is 45.4 Å². The van der Waals surface area contributed by atoms with Gasteiger partial charge in [-0.1, -0.05) is 0 Å². The highest BCUT2D eigenvalue weighted by Gasteiger charge is 2.34. The van der Waals surface area contributed by atoms with Crippen LogP contribution in [0.5, 0.6) is 0 Å². The van der Waals surface area contributed by atoms with Gasteiger partial charge in [0.1, 0.15) is 5.82 Å². The van der Waals surface area contributed by atoms with Gasteiger partial charge in [0.2, 0.25) is 0 Å². The average Bonchev–Trinajstić information content (AvgIpc) is 2.72. The molecule has 0 saturated carbocycles. The van der Waals surface area contributed by atoms with E-state index in [0.717, 1.165) is 41.5 Å². The lowest BCUT2D eigenvalue weighted by molar-refractivity contribution is 0.254. The summed E-state index contributed by atoms with van der Waals surface area (Å²) in [6.45, 7) is 2.21. The van der Waals surface area contributed by atoms with Crippen molar-refractivity contribution in [2.75, 3.05) is 30.8 Å². The van der Waals surface area contributed by atoms with E-state index in [9.17, 15) is 0 Å². The second-order valence-corrected chi connectivity index (χ2v) is 6.41. The zero-order valence-corrected chi connectivity index (χ0v) is 12.5. The van der Waals surface area contributed by atoms with Gasteiger partial charge >= 0.3 is 0 Å². The van der Waals surface area contributed by atoms with E-state index < -0.39 is 0 Å². The molecule has 2 fully saturated rings. The van der Waals surface area contributed by atoms with Crippen LogP contribution in [0.25, 0.3) is 10.9 Å². The summed E-state index contributed by atoms with van der Waals surface area (Å²) < 4.78 is 0. The van der Waals surface area contributed by atoms with Crippen molar-refractivity contribution in [3.05, 3.63) is 30.3 Å². The predicted octanol–water partition coefficient (Wildman–Crippen LogP) is 2.49. The summed E-state index contributed by atoms with van der Waals surface area (Å²) in [6, 6.07) is 11.7. The molecule has 4 nitrogen and oxygen atoms in total. The maximum atomic E-state index is 5.84. The smallest absolute Gasteiger partial charge is 0.129 e. The van der Waals surface area contributed by atoms with Gasteiger partial charge in [0.25, 0.3) is 0 Å². The Labute approximate surface area is 125 Å². The molecule has 4 heteroatoms. The number of nitrogens with two attached hydrogens (primary N) is 1. The van der Waals surface area contributed by atoms with Crippen molar-refractivity contribution in [3.63, 3.8) is 0 Å². The van der Waals surface area contributed by atoms with Gasteiger partial charge in [-0.3, -0.25) is 4.90 Å². The number of aromatic nitrogens is 1. The molecule has 2 saturated heterocycles. The quantitative estimate of drug-likeness (QED) is 0.816. The Balaban J connectivity index is 1.65. The predicted molar refractivity (Wildman–Crippen MR) is 87.6 cm³/mol. The summed E-state index contributed by atoms with van der Waals surface area (Å²) in [7, 11) is 2.28. The molecule has 2 aliphatic rings. The standard InChI is InChI=1S/C17H22N4/c1-20-14-4-5-15(20)11-21(9-8-14)17-7-2-12-10-13(18)3-6-16(12)19-17/h2-3,6-7,10,14-15H,4-5,8-9,11,18H2,1H3. The van der Waals surface area contributed by atoms with E-state index in [1.54, 1.807) is 0 Å². The summed E-state index contributed by atoms with van der Waals surface area (Å²) in [6.07, 6.45) is 3.93. The number of likely N-dealkylation sites (N-methyl/N-ethyl adjacent to an activating group) is 1. The molecule has 1 aromatic heterocycles. The molecule has 2 atom stereocenters. The first-order valence-electron chi connectivity index (χ1n) is 7.84. The minimum atomic E-state index is 0.682. The van der Waals surface area contributed by atoms with Gasteiger partial charge in [-0.05, 0) is 56.6 Å². The minimum absolute atomic E-state index is 0.682. The van der Waals surface area contributed by atoms with Crippen molar-refractivity contribution >= 4 is 22.4 Å². The average molecular weight is 282 g/mol. The van der Waals surface area contributed by atoms with E-state index in [2.05, 4.69) is 29.0 Å². The van der Waals surface area contributed by atoms with Gasteiger partial charge in [-0.2, -0.15) is 0 Å². The summed E-state index contributed by atoms with van der Waals surface area (Å²) in [5, 5.41) is 1.12. The van der Waals surface area contributed by atoms with Crippen molar-refractivity contribution < 1.29 is 0 Å². The number of anilines is 2. The zero-order valence-electron chi connectivity index (χ0n) is 12.5. The first-order chi connectivity index (χ1) is 10.2. The van der Waals surface area contributed by atoms with Gasteiger partial charge in [0.05, 0.1) is 5.52 Å². The number of hydrogen-bond acceptors (Lipinski definition) is 4. The van der Waals surface area contributed by atoms with Crippen LogP contribution >= 0.6 is 0 Å². The maximum absolute atomic E-state index is 5.84. The number of pyridine rings is 1. The van der Waals surface area contributed by atoms with E-state index in [1.807, 2.05) is 18.2 Å². The molecule has 0 spiro atoms. The third-order valence-corrected chi connectivity index (χ3v) is 5.17. The molecule has 2 aliphatic heterocycles. The van der Waals surface area contributed by atoms with Crippen LogP contribution in [0.15, 0.2) is 30.3 Å². The van der Waals surface area contributed by atoms with Crippen molar-refractivity contribution in [1.82, 2.24) is 9.88 Å². The number of fused-ring (bicyclic) bond motifs is 3. The van der Waals surface area contributed by atoms with Crippen LogP contribution in [-0.2, 0) is 0 Å². The first kappa shape index (κ1) is 12.9. The number of hydrogen-bond donors (Lipinski definition) is 1. The molecule has 21 heavy (non-hydrogen) atoms. The lowest BCUT2D eigenvalue weighted by atomic mass is 10.1. The van der Waals surface area contributed by atoms with E-state index >= 15 is 0 Å². The normalized spacial score (nSPS) is 26.2. The lowest BCUT2D eigenvalue weighted by Gasteiger charge is -2.26. The van der Waals surface area contributed by atoms with Gasteiger partial charge < -0.3 is 10.6 Å². The molecular formula is C17H22N4. The Hall–Kier alpha value is -1.81. The fourth-order valence-electron chi connectivity index (χ4n) is 3.83. The molecule has 2 N–H and O–H groups in total. The number of rotatable bonds is 1. The fraction of sp³-hybridized carbons (Fsp3) is 0.471. The molecule has 3 heterocycles. The Morgan fingerprint density at radius 3 is 2.86 bits per heavy atom. The van der Waals surface area contributed by atoms with Crippen LogP contribution in [-0.4, -0.2) is 42.1 Å². The Morgan fingerprint density at radius 2 is 1.95 bits per heavy atom. The second-order valence-electron chi connectivity index (χ2n) is 6.41. The van der Waals surface area contributed by atoms with E-state index in [1.165, 1.54) is 19.3 Å². The van der Waals surface area contributed by atoms with Crippen molar-refractivity contribution in [2.24, 2.45) is 0 Å². The Bertz CT molecular complexity index is 669. The summed E-state index contributed by atoms with van der Waals surface area (Å²) >= 11 is 0. The molecule has 0 aliphatic carbocycles. The van der Waals surface area contributed by atoms with E-state index in [-0.39, 0.29) is 0 Å². The minimum Gasteiger partial charge on any atom is -0.399 e. The van der Waals surface area contributed by atoms with Crippen molar-refractivity contribution in [2.45, 2.75) is 31.3 Å². The Kier molecular flexibility index (Phi) is 3.00. The summed E-state index contributed by atoms with van der Waals surface area (Å²) in [5.74, 6) is 1.10. The van der Waals surface area contributed by atoms with Crippen LogP contribution in [0.1, 0.15) is 19.3 Å². The van der Waals surface area contributed by atoms with Gasteiger partial charge in [0, 0.05) is 36.2 Å². The van der Waals surface area contributed by atoms with Gasteiger partial charge in [0.15, 0.2) is 0 Å². The molecule has 1 aromatic carbocycles. The van der Waals surface area contributed by atoms with Gasteiger partial charge in [-0.15, -0.1) is 0 Å². The van der Waals surface area contributed by atoms with Crippen LogP contribution in [0.2, 0.25) is 0 Å². The van der Waals surface area contributed by atoms with Crippen molar-refractivity contribution in [1.29, 1.82) is 0 Å². The molecule has 4 rings (SSSR count). The van der Waals surface area contributed by atoms with Crippen molar-refractivity contribution in [3.8, 4) is 0 Å². The van der Waals surface area contributed by atoms with E-state index in [0.29, 0.717) is 6.04 Å². The largest absolute Gasteiger partial charge is 0.399 e. The van der Waals surface area contributed by atoms with Crippen LogP contribution in [0.3, 0.4) is 0 Å². The molecule has 2 aromatic rings. The first-order valence-corrected chi connectivity index (χ1v) is 7.84. The second kappa shape index (κ2) is 4.88. The molecular weight excluding hydrogens is 260 g/mol. The SMILES string of the molecule is CN1C2CCC1CN(c1ccc3cc(N)ccc3n1)CC2. The summed E-state index contributed by atoms with van der Waals surface area (Å²) in [5.41, 5.74) is 7.67. The highest BCUT2D eigenvalue weighted by molar-refractivity contribution is 5.83. The highest BCUT2D eigenvalue weighted by atomic mass is 15.3. The maximum Gasteiger partial charge on any atom is 0.129 e. The third kappa shape index (κ3) is 2.23. The number of nitrogen functional groups attached to an aromatic ring is 1. The van der Waals surface area contributed by atoms with Crippen LogP contribution in [0, 0.1) is 0 Å². The molecule has 2 unspecified atom stereocenters. The molecule has 110 valence electrons. The highest BCUT2D eigenvalue weighted by Crippen LogP contribution is 2.30. The molecule has 0 amide bonds. The van der Waals surface area contributed by atoms with E-state index in [4.69, 9.17) is 10.7 Å². The number of benzene rings is 1. The van der Waals surface area contributed by atoms with Crippen LogP contribution in [0.4, 0.5) is 11.5 Å². The summed E-state index contributed by atoms with van der Waals surface area (Å²) in [4.78, 5) is 9.87. The zero-order chi connectivity index (χ0) is 14.4. The van der Waals surface area contributed by atoms with Gasteiger partial charge in [-0.25, -0.2) is 4.98 Å². The third-order valence-electron chi connectivity index (χ3n) is 5.17. The lowest BCUT2D eigenvalue weighted by Crippen LogP contribution is -2.36. The molecule has 0 radical (unpaired) electrons. The fourth-order valence-corrected chi connectivity index (χ4v) is 3.83. The Morgan fingerprint density at radius 1 is 1.10 bits per heavy atom. The van der Waals surface area contributed by atoms with Crippen LogP contribution < -0.4 is 10.6 Å². The monoisotopic (exact) mass is 282 g/mol. The molecule has 2 bridgehead atoms.